The maximum absolute atomic E-state index is 14.8. The Balaban J connectivity index is 1.70. The molecule has 13 nitrogen and oxygen atoms in total. The number of hydrogen-bond acceptors (Lipinski definition) is 11. The molecule has 8 atom stereocenters. The number of rotatable bonds is 17. The van der Waals surface area contributed by atoms with Crippen LogP contribution in [0.4, 0.5) is 9.59 Å². The monoisotopic (exact) mass is 894 g/mol. The standard InChI is InChI=1S/C45H66N2O11Si3/c1-14-22-33(23-15-2)34-28-35(48)45(58-61(11,12)13)42(53-34)54-41-39(55-45)36(46(3)43(49)51-29-31-24-18-16-19-25-31)38(56-59(5,6)7)37(40(41)57-60(8,9)10)47(4)44(50)52-30-32-26-20-17-21-27-32/h14-21,24-28,33,36-42H,1-2,22-23,29-30H2,3-13H3/t36-,37+,38+,39+,40-,41-,42-,45+/m0/s1. The zero-order valence-corrected chi connectivity index (χ0v) is 40.8. The van der Waals surface area contributed by atoms with E-state index in [0.717, 1.165) is 11.1 Å². The van der Waals surface area contributed by atoms with Gasteiger partial charge in [0.25, 0.3) is 12.1 Å². The van der Waals surface area contributed by atoms with Crippen LogP contribution in [0, 0.1) is 5.92 Å². The molecule has 16 heteroatoms. The normalized spacial score (nSPS) is 26.5. The molecule has 2 fully saturated rings. The molecule has 0 radical (unpaired) electrons. The van der Waals surface area contributed by atoms with Crippen LogP contribution in [0.3, 0.4) is 0 Å². The van der Waals surface area contributed by atoms with Gasteiger partial charge in [0.05, 0.1) is 24.3 Å². The van der Waals surface area contributed by atoms with Crippen molar-refractivity contribution in [3.63, 3.8) is 0 Å². The Morgan fingerprint density at radius 3 is 1.66 bits per heavy atom. The topological polar surface area (TPSA) is 132 Å². The van der Waals surface area contributed by atoms with Crippen LogP contribution >= 0.6 is 0 Å². The van der Waals surface area contributed by atoms with Crippen molar-refractivity contribution in [2.45, 2.75) is 134 Å². The number of benzene rings is 2. The third kappa shape index (κ3) is 12.0. The van der Waals surface area contributed by atoms with E-state index in [4.69, 9.17) is 37.0 Å². The zero-order valence-electron chi connectivity index (χ0n) is 37.8. The summed E-state index contributed by atoms with van der Waals surface area (Å²) in [5.41, 5.74) is 1.61. The van der Waals surface area contributed by atoms with Gasteiger partial charge in [-0.2, -0.15) is 0 Å². The molecule has 5 rings (SSSR count). The molecule has 2 amide bonds. The lowest BCUT2D eigenvalue weighted by Crippen LogP contribution is -2.80. The van der Waals surface area contributed by atoms with Crippen molar-refractivity contribution in [1.82, 2.24) is 9.80 Å². The van der Waals surface area contributed by atoms with E-state index in [1.807, 2.05) is 120 Å². The molecular weight excluding hydrogens is 829 g/mol. The fourth-order valence-corrected chi connectivity index (χ4v) is 11.3. The number of amides is 2. The minimum atomic E-state index is -2.65. The van der Waals surface area contributed by atoms with E-state index in [-0.39, 0.29) is 19.1 Å². The van der Waals surface area contributed by atoms with Crippen LogP contribution in [-0.2, 0) is 55.0 Å². The van der Waals surface area contributed by atoms with Crippen molar-refractivity contribution < 1.29 is 51.3 Å². The highest BCUT2D eigenvalue weighted by Gasteiger charge is 2.68. The van der Waals surface area contributed by atoms with Gasteiger partial charge in [-0.05, 0) is 82.9 Å². The number of fused-ring (bicyclic) bond motifs is 2. The number of carbonyl (C=O) groups is 3. The van der Waals surface area contributed by atoms with Gasteiger partial charge in [0, 0.05) is 26.1 Å². The van der Waals surface area contributed by atoms with Gasteiger partial charge in [0.2, 0.25) is 5.78 Å². The maximum Gasteiger partial charge on any atom is 0.410 e. The Kier molecular flexibility index (Phi) is 15.5. The molecular formula is C45H66N2O11Si3. The van der Waals surface area contributed by atoms with Gasteiger partial charge < -0.3 is 46.8 Å². The minimum Gasteiger partial charge on any atom is -0.462 e. The largest absolute Gasteiger partial charge is 0.462 e. The Bertz CT molecular complexity index is 1870. The lowest BCUT2D eigenvalue weighted by atomic mass is 9.78. The molecule has 0 spiro atoms. The van der Waals surface area contributed by atoms with Crippen molar-refractivity contribution >= 4 is 42.9 Å². The van der Waals surface area contributed by atoms with Crippen molar-refractivity contribution in [3.8, 4) is 0 Å². The second kappa shape index (κ2) is 19.7. The van der Waals surface area contributed by atoms with E-state index in [0.29, 0.717) is 18.6 Å². The van der Waals surface area contributed by atoms with Crippen LogP contribution in [0.25, 0.3) is 0 Å². The van der Waals surface area contributed by atoms with E-state index in [1.54, 1.807) is 26.2 Å². The molecule has 1 aliphatic carbocycles. The van der Waals surface area contributed by atoms with Gasteiger partial charge in [-0.1, -0.05) is 72.8 Å². The Hall–Kier alpha value is -3.88. The predicted molar refractivity (Wildman–Crippen MR) is 241 cm³/mol. The summed E-state index contributed by atoms with van der Waals surface area (Å²) >= 11 is 0. The van der Waals surface area contributed by atoms with Gasteiger partial charge in [0.15, 0.2) is 25.0 Å². The number of likely N-dealkylation sites (N-methyl/N-ethyl adjacent to an activating group) is 2. The van der Waals surface area contributed by atoms with Gasteiger partial charge in [-0.3, -0.25) is 4.79 Å². The summed E-state index contributed by atoms with van der Waals surface area (Å²) in [5, 5.41) is 0. The van der Waals surface area contributed by atoms with Crippen LogP contribution in [0.2, 0.25) is 58.9 Å². The lowest BCUT2D eigenvalue weighted by Gasteiger charge is -2.60. The fraction of sp³-hybridized carbons (Fsp3) is 0.533. The zero-order chi connectivity index (χ0) is 44.9. The number of hydrogen-bond donors (Lipinski definition) is 0. The summed E-state index contributed by atoms with van der Waals surface area (Å²) in [7, 11) is -4.48. The Labute approximate surface area is 365 Å². The first kappa shape index (κ1) is 48.2. The van der Waals surface area contributed by atoms with E-state index < -0.39 is 91.5 Å². The summed E-state index contributed by atoms with van der Waals surface area (Å²) in [6.45, 7) is 25.9. The van der Waals surface area contributed by atoms with Crippen molar-refractivity contribution in [2.75, 3.05) is 14.1 Å². The molecule has 334 valence electrons. The van der Waals surface area contributed by atoms with Crippen molar-refractivity contribution in [2.24, 2.45) is 5.92 Å². The summed E-state index contributed by atoms with van der Waals surface area (Å²) in [4.78, 5) is 46.4. The first-order chi connectivity index (χ1) is 28.6. The van der Waals surface area contributed by atoms with E-state index in [1.165, 1.54) is 15.9 Å². The van der Waals surface area contributed by atoms with E-state index in [9.17, 15) is 14.4 Å². The first-order valence-electron chi connectivity index (χ1n) is 21.0. The molecule has 0 aromatic heterocycles. The average molecular weight is 895 g/mol. The highest BCUT2D eigenvalue weighted by molar-refractivity contribution is 6.70. The number of carbonyl (C=O) groups excluding carboxylic acids is 3. The smallest absolute Gasteiger partial charge is 0.410 e. The quantitative estimate of drug-likeness (QED) is 0.112. The van der Waals surface area contributed by atoms with E-state index in [2.05, 4.69) is 13.2 Å². The summed E-state index contributed by atoms with van der Waals surface area (Å²) < 4.78 is 53.8. The molecule has 1 saturated heterocycles. The molecule has 2 aliphatic heterocycles. The second-order valence-electron chi connectivity index (χ2n) is 18.8. The number of ether oxygens (including phenoxy) is 5. The molecule has 3 aliphatic rings. The van der Waals surface area contributed by atoms with Crippen LogP contribution in [0.15, 0.2) is 97.8 Å². The molecule has 2 heterocycles. The summed E-state index contributed by atoms with van der Waals surface area (Å²) in [5.74, 6) is -2.41. The van der Waals surface area contributed by atoms with Crippen molar-refractivity contribution in [3.05, 3.63) is 109 Å². The van der Waals surface area contributed by atoms with Crippen LogP contribution in [-0.4, -0.2) is 115 Å². The fourth-order valence-electron chi connectivity index (χ4n) is 7.98. The summed E-state index contributed by atoms with van der Waals surface area (Å²) in [6.07, 6.45) is -0.743. The lowest BCUT2D eigenvalue weighted by molar-refractivity contribution is -0.401. The predicted octanol–water partition coefficient (Wildman–Crippen LogP) is 8.62. The second-order valence-corrected chi connectivity index (χ2v) is 32.2. The highest BCUT2D eigenvalue weighted by Crippen LogP contribution is 2.48. The maximum atomic E-state index is 14.8. The molecule has 2 aromatic rings. The number of ketones is 1. The van der Waals surface area contributed by atoms with Gasteiger partial charge in [-0.15, -0.1) is 13.2 Å². The first-order valence-corrected chi connectivity index (χ1v) is 31.2. The number of nitrogens with zero attached hydrogens (tertiary/aromatic N) is 2. The van der Waals surface area contributed by atoms with Crippen molar-refractivity contribution in [1.29, 1.82) is 0 Å². The average Bonchev–Trinajstić information content (AvgIpc) is 3.17. The Morgan fingerprint density at radius 2 is 1.20 bits per heavy atom. The van der Waals surface area contributed by atoms with E-state index >= 15 is 0 Å². The highest BCUT2D eigenvalue weighted by atomic mass is 28.4. The van der Waals surface area contributed by atoms with Gasteiger partial charge in [0.1, 0.15) is 31.2 Å². The summed E-state index contributed by atoms with van der Waals surface area (Å²) in [6, 6.07) is 16.8. The molecule has 2 aromatic carbocycles. The Morgan fingerprint density at radius 1 is 0.721 bits per heavy atom. The van der Waals surface area contributed by atoms with Gasteiger partial charge in [-0.25, -0.2) is 9.59 Å². The third-order valence-electron chi connectivity index (χ3n) is 10.4. The minimum absolute atomic E-state index is 0.000534. The SMILES string of the molecule is C=CCC(CC=C)C1=CC(=O)[C@]2(O[Si](C)(C)C)O[C@H]3[C@H](O[C@@H]2O1)[C@@H](O[Si](C)(C)C)[C@H](N(C)C(=O)OCc1ccccc1)[C@H](O[Si](C)(C)C)[C@@H]3N(C)C(=O)OCc1ccccc1. The molecule has 0 N–H and O–H groups in total. The van der Waals surface area contributed by atoms with Crippen LogP contribution < -0.4 is 0 Å². The van der Waals surface area contributed by atoms with Gasteiger partial charge >= 0.3 is 12.2 Å². The molecule has 0 bridgehead atoms. The number of allylic oxidation sites excluding steroid dienone is 3. The van der Waals surface area contributed by atoms with Crippen LogP contribution in [0.5, 0.6) is 0 Å². The molecule has 61 heavy (non-hydrogen) atoms. The molecule has 1 saturated carbocycles. The van der Waals surface area contributed by atoms with Crippen LogP contribution in [0.1, 0.15) is 24.0 Å². The third-order valence-corrected chi connectivity index (χ3v) is 13.3. The molecule has 0 unspecified atom stereocenters.